The number of likely N-dealkylation sites (N-methyl/N-ethyl adjacent to an activating group) is 1. The fraction of sp³-hybridized carbons (Fsp3) is 0.306. The maximum absolute atomic E-state index is 13.1. The molecular weight excluding hydrogens is 663 g/mol. The quantitative estimate of drug-likeness (QED) is 0.0680. The Bertz CT molecular complexity index is 1850. The van der Waals surface area contributed by atoms with Gasteiger partial charge in [-0.05, 0) is 80.0 Å². The Balaban J connectivity index is 1.19. The second kappa shape index (κ2) is 16.8. The van der Waals surface area contributed by atoms with E-state index in [0.717, 1.165) is 67.7 Å². The minimum Gasteiger partial charge on any atom is -0.496 e. The van der Waals surface area contributed by atoms with E-state index in [-0.39, 0.29) is 16.1 Å². The maximum atomic E-state index is 13.1. The molecular formula is C36H41N5O6S2. The fourth-order valence-electron chi connectivity index (χ4n) is 5.60. The SMILES string of the molecule is COc1cc(CCCN2CCN(C)CC2)ccc1-c1ccc(C(=O)NS(=O)(=O)c2ccc(NCCSc3ccccc3)c([N+](=O)[O-])c2)cc1. The number of hydrogen-bond donors (Lipinski definition) is 2. The number of methoxy groups -OCH3 is 1. The molecule has 0 aromatic heterocycles. The highest BCUT2D eigenvalue weighted by molar-refractivity contribution is 7.99. The molecule has 1 aliphatic rings. The summed E-state index contributed by atoms with van der Waals surface area (Å²) < 4.78 is 33.9. The molecule has 0 atom stereocenters. The average Bonchev–Trinajstić information content (AvgIpc) is 3.11. The van der Waals surface area contributed by atoms with Crippen LogP contribution in [0, 0.1) is 10.1 Å². The number of nitrogens with one attached hydrogen (secondary N) is 2. The number of nitrogens with zero attached hydrogens (tertiary/aromatic N) is 3. The van der Waals surface area contributed by atoms with E-state index >= 15 is 0 Å². The van der Waals surface area contributed by atoms with Gasteiger partial charge in [-0.2, -0.15) is 0 Å². The zero-order valence-electron chi connectivity index (χ0n) is 27.6. The number of benzene rings is 4. The molecule has 4 aromatic rings. The molecule has 1 aliphatic heterocycles. The number of amides is 1. The largest absolute Gasteiger partial charge is 0.496 e. The molecule has 5 rings (SSSR count). The van der Waals surface area contributed by atoms with Gasteiger partial charge in [-0.3, -0.25) is 14.9 Å². The van der Waals surface area contributed by atoms with Crippen LogP contribution in [0.1, 0.15) is 22.3 Å². The highest BCUT2D eigenvalue weighted by Crippen LogP contribution is 2.32. The van der Waals surface area contributed by atoms with E-state index in [4.69, 9.17) is 4.74 Å². The van der Waals surface area contributed by atoms with E-state index < -0.39 is 26.5 Å². The van der Waals surface area contributed by atoms with Crippen molar-refractivity contribution in [1.82, 2.24) is 14.5 Å². The van der Waals surface area contributed by atoms with Crippen LogP contribution >= 0.6 is 11.8 Å². The molecule has 1 amide bonds. The number of aryl methyl sites for hydroxylation is 1. The number of rotatable bonds is 15. The van der Waals surface area contributed by atoms with Crippen molar-refractivity contribution >= 4 is 39.1 Å². The standard InChI is InChI=1S/C36H41N5O6S2/c1-39-20-22-40(23-21-39)19-6-7-27-10-16-32(35(25-27)47-2)28-11-13-29(14-12-28)36(42)38-49(45,46)31-15-17-33(34(26-31)41(43)44)37-18-24-48-30-8-4-3-5-9-30/h3-5,8-17,25-26,37H,6-7,18-24H2,1-2H3,(H,38,42). The van der Waals surface area contributed by atoms with Crippen molar-refractivity contribution in [2.75, 3.05) is 64.5 Å². The number of anilines is 1. The van der Waals surface area contributed by atoms with Gasteiger partial charge in [-0.1, -0.05) is 42.5 Å². The van der Waals surface area contributed by atoms with Crippen molar-refractivity contribution in [1.29, 1.82) is 0 Å². The Kier molecular flexibility index (Phi) is 12.3. The van der Waals surface area contributed by atoms with Crippen LogP contribution in [0.25, 0.3) is 11.1 Å². The van der Waals surface area contributed by atoms with E-state index in [1.165, 1.54) is 29.8 Å². The Hall–Kier alpha value is -4.43. The number of hydrogen-bond acceptors (Lipinski definition) is 10. The molecule has 0 spiro atoms. The highest BCUT2D eigenvalue weighted by atomic mass is 32.2. The Morgan fingerprint density at radius 2 is 1.69 bits per heavy atom. The second-order valence-electron chi connectivity index (χ2n) is 11.8. The van der Waals surface area contributed by atoms with Crippen molar-refractivity contribution in [2.24, 2.45) is 0 Å². The summed E-state index contributed by atoms with van der Waals surface area (Å²) in [5.74, 6) is 0.509. The fourth-order valence-corrected chi connectivity index (χ4v) is 7.38. The van der Waals surface area contributed by atoms with Crippen LogP contribution in [-0.4, -0.2) is 88.2 Å². The van der Waals surface area contributed by atoms with Crippen LogP contribution in [0.3, 0.4) is 0 Å². The first-order chi connectivity index (χ1) is 23.6. The van der Waals surface area contributed by atoms with Gasteiger partial charge in [0, 0.05) is 60.6 Å². The third-order valence-corrected chi connectivity index (χ3v) is 10.7. The van der Waals surface area contributed by atoms with Crippen molar-refractivity contribution in [2.45, 2.75) is 22.6 Å². The number of carbonyl (C=O) groups excluding carboxylic acids is 1. The molecule has 1 heterocycles. The normalized spacial score (nSPS) is 13.9. The molecule has 11 nitrogen and oxygen atoms in total. The van der Waals surface area contributed by atoms with Crippen LogP contribution in [0.15, 0.2) is 101 Å². The summed E-state index contributed by atoms with van der Waals surface area (Å²) in [6.07, 6.45) is 1.99. The van der Waals surface area contributed by atoms with E-state index in [0.29, 0.717) is 18.0 Å². The summed E-state index contributed by atoms with van der Waals surface area (Å²) in [5, 5.41) is 14.8. The minimum atomic E-state index is -4.40. The number of piperazine rings is 1. The topological polar surface area (TPSA) is 134 Å². The van der Waals surface area contributed by atoms with Gasteiger partial charge in [0.05, 0.1) is 16.9 Å². The molecule has 49 heavy (non-hydrogen) atoms. The number of ether oxygens (including phenoxy) is 1. The summed E-state index contributed by atoms with van der Waals surface area (Å²) in [6.45, 7) is 5.89. The highest BCUT2D eigenvalue weighted by Gasteiger charge is 2.24. The molecule has 1 fully saturated rings. The maximum Gasteiger partial charge on any atom is 0.293 e. The Labute approximate surface area is 291 Å². The summed E-state index contributed by atoms with van der Waals surface area (Å²) in [7, 11) is -0.620. The van der Waals surface area contributed by atoms with Gasteiger partial charge in [-0.25, -0.2) is 13.1 Å². The number of thioether (sulfide) groups is 1. The van der Waals surface area contributed by atoms with Gasteiger partial charge in [-0.15, -0.1) is 11.8 Å². The van der Waals surface area contributed by atoms with Crippen LogP contribution in [0.5, 0.6) is 5.75 Å². The lowest BCUT2D eigenvalue weighted by Gasteiger charge is -2.32. The first kappa shape index (κ1) is 35.9. The number of sulfonamides is 1. The lowest BCUT2D eigenvalue weighted by molar-refractivity contribution is -0.384. The molecule has 4 aromatic carbocycles. The van der Waals surface area contributed by atoms with Crippen molar-refractivity contribution < 1.29 is 22.9 Å². The third-order valence-electron chi connectivity index (χ3n) is 8.39. The van der Waals surface area contributed by atoms with Crippen LogP contribution in [0.4, 0.5) is 11.4 Å². The van der Waals surface area contributed by atoms with Gasteiger partial charge in [0.25, 0.3) is 21.6 Å². The minimum absolute atomic E-state index is 0.121. The Morgan fingerprint density at radius 1 is 0.959 bits per heavy atom. The van der Waals surface area contributed by atoms with E-state index in [9.17, 15) is 23.3 Å². The zero-order chi connectivity index (χ0) is 34.8. The molecule has 2 N–H and O–H groups in total. The molecule has 0 bridgehead atoms. The van der Waals surface area contributed by atoms with Crippen LogP contribution in [-0.2, 0) is 16.4 Å². The number of carbonyl (C=O) groups is 1. The summed E-state index contributed by atoms with van der Waals surface area (Å²) in [4.78, 5) is 29.7. The molecule has 0 saturated carbocycles. The molecule has 258 valence electrons. The van der Waals surface area contributed by atoms with Crippen molar-refractivity contribution in [3.05, 3.63) is 112 Å². The molecule has 1 saturated heterocycles. The summed E-state index contributed by atoms with van der Waals surface area (Å²) >= 11 is 1.59. The van der Waals surface area contributed by atoms with Gasteiger partial charge >= 0.3 is 0 Å². The molecule has 0 aliphatic carbocycles. The lowest BCUT2D eigenvalue weighted by atomic mass is 9.99. The first-order valence-corrected chi connectivity index (χ1v) is 18.6. The van der Waals surface area contributed by atoms with Gasteiger partial charge in [0.1, 0.15) is 11.4 Å². The monoisotopic (exact) mass is 703 g/mol. The Morgan fingerprint density at radius 3 is 2.39 bits per heavy atom. The molecule has 0 radical (unpaired) electrons. The van der Waals surface area contributed by atoms with Crippen LogP contribution in [0.2, 0.25) is 0 Å². The zero-order valence-corrected chi connectivity index (χ0v) is 29.3. The molecule has 0 unspecified atom stereocenters. The summed E-state index contributed by atoms with van der Waals surface area (Å²) in [5.41, 5.74) is 2.75. The van der Waals surface area contributed by atoms with Crippen LogP contribution < -0.4 is 14.8 Å². The predicted molar refractivity (Wildman–Crippen MR) is 194 cm³/mol. The van der Waals surface area contributed by atoms with Crippen molar-refractivity contribution in [3.8, 4) is 16.9 Å². The third kappa shape index (κ3) is 9.82. The number of nitro groups is 1. The van der Waals surface area contributed by atoms with Gasteiger partial charge in [0.15, 0.2) is 0 Å². The second-order valence-corrected chi connectivity index (χ2v) is 14.7. The van der Waals surface area contributed by atoms with Gasteiger partial charge in [0.2, 0.25) is 0 Å². The predicted octanol–water partition coefficient (Wildman–Crippen LogP) is 5.77. The molecule has 13 heteroatoms. The lowest BCUT2D eigenvalue weighted by Crippen LogP contribution is -2.44. The summed E-state index contributed by atoms with van der Waals surface area (Å²) in [6, 6.07) is 25.9. The van der Waals surface area contributed by atoms with E-state index in [2.05, 4.69) is 28.2 Å². The van der Waals surface area contributed by atoms with Crippen molar-refractivity contribution in [3.63, 3.8) is 0 Å². The van der Waals surface area contributed by atoms with E-state index in [1.807, 2.05) is 47.2 Å². The smallest absolute Gasteiger partial charge is 0.293 e. The first-order valence-electron chi connectivity index (χ1n) is 16.1. The number of nitro benzene ring substituents is 1. The van der Waals surface area contributed by atoms with E-state index in [1.54, 1.807) is 31.0 Å². The average molecular weight is 704 g/mol. The van der Waals surface area contributed by atoms with Gasteiger partial charge < -0.3 is 19.9 Å².